The number of aromatic nitrogens is 1. The largest absolute Gasteiger partial charge is 0.487 e. The first kappa shape index (κ1) is 17.9. The van der Waals surface area contributed by atoms with Crippen molar-refractivity contribution in [1.29, 1.82) is 0 Å². The van der Waals surface area contributed by atoms with Crippen LogP contribution in [0.1, 0.15) is 35.2 Å². The Kier molecular flexibility index (Phi) is 6.42. The van der Waals surface area contributed by atoms with Crippen LogP contribution in [0.2, 0.25) is 0 Å². The van der Waals surface area contributed by atoms with Crippen LogP contribution in [0.3, 0.4) is 0 Å². The molecule has 4 nitrogen and oxygen atoms in total. The predicted octanol–water partition coefficient (Wildman–Crippen LogP) is 3.79. The molecule has 25 heavy (non-hydrogen) atoms. The van der Waals surface area contributed by atoms with E-state index in [9.17, 15) is 0 Å². The molecular formula is C21H28N2O2. The molecule has 2 heterocycles. The van der Waals surface area contributed by atoms with Crippen molar-refractivity contribution in [1.82, 2.24) is 10.3 Å². The van der Waals surface area contributed by atoms with Crippen molar-refractivity contribution < 1.29 is 9.47 Å². The standard InChI is InChI=1S/C21H28N2O2/c1-16-10-19(13-22-12-18-6-5-9-24-14-18)11-17(2)21(16)25-15-20-7-3-4-8-23-20/h3-4,7-8,10-11,18,22H,5-6,9,12-15H2,1-2H3. The van der Waals surface area contributed by atoms with E-state index >= 15 is 0 Å². The third-order valence-corrected chi connectivity index (χ3v) is 4.63. The Morgan fingerprint density at radius 1 is 1.24 bits per heavy atom. The van der Waals surface area contributed by atoms with Crippen LogP contribution in [0.15, 0.2) is 36.5 Å². The molecule has 0 spiro atoms. The lowest BCUT2D eigenvalue weighted by molar-refractivity contribution is 0.0547. The summed E-state index contributed by atoms with van der Waals surface area (Å²) in [6.07, 6.45) is 4.25. The molecule has 1 aliphatic rings. The second-order valence-electron chi connectivity index (χ2n) is 6.88. The molecule has 1 saturated heterocycles. The summed E-state index contributed by atoms with van der Waals surface area (Å²) >= 11 is 0. The molecule has 1 aromatic heterocycles. The molecule has 134 valence electrons. The topological polar surface area (TPSA) is 43.4 Å². The fraction of sp³-hybridized carbons (Fsp3) is 0.476. The first-order chi connectivity index (χ1) is 12.2. The monoisotopic (exact) mass is 340 g/mol. The highest BCUT2D eigenvalue weighted by Gasteiger charge is 2.13. The van der Waals surface area contributed by atoms with Gasteiger partial charge in [0.2, 0.25) is 0 Å². The second kappa shape index (κ2) is 8.97. The van der Waals surface area contributed by atoms with E-state index in [4.69, 9.17) is 9.47 Å². The number of hydrogen-bond acceptors (Lipinski definition) is 4. The van der Waals surface area contributed by atoms with Crippen molar-refractivity contribution in [2.24, 2.45) is 5.92 Å². The molecular weight excluding hydrogens is 312 g/mol. The summed E-state index contributed by atoms with van der Waals surface area (Å²) in [7, 11) is 0. The number of pyridine rings is 1. The number of ether oxygens (including phenoxy) is 2. The molecule has 0 amide bonds. The van der Waals surface area contributed by atoms with Gasteiger partial charge in [-0.15, -0.1) is 0 Å². The molecule has 1 N–H and O–H groups in total. The van der Waals surface area contributed by atoms with Gasteiger partial charge in [0, 0.05) is 25.9 Å². The third-order valence-electron chi connectivity index (χ3n) is 4.63. The number of rotatable bonds is 7. The number of hydrogen-bond donors (Lipinski definition) is 1. The molecule has 1 atom stereocenters. The van der Waals surface area contributed by atoms with Crippen LogP contribution in [-0.2, 0) is 17.9 Å². The van der Waals surface area contributed by atoms with Crippen molar-refractivity contribution in [2.75, 3.05) is 19.8 Å². The molecule has 4 heteroatoms. The van der Waals surface area contributed by atoms with Crippen LogP contribution < -0.4 is 10.1 Å². The minimum atomic E-state index is 0.502. The van der Waals surface area contributed by atoms with Crippen LogP contribution in [-0.4, -0.2) is 24.7 Å². The Labute approximate surface area is 150 Å². The van der Waals surface area contributed by atoms with Crippen molar-refractivity contribution >= 4 is 0 Å². The van der Waals surface area contributed by atoms with Crippen LogP contribution in [0, 0.1) is 19.8 Å². The fourth-order valence-electron chi connectivity index (χ4n) is 3.39. The Balaban J connectivity index is 1.54. The van der Waals surface area contributed by atoms with Crippen molar-refractivity contribution in [3.05, 3.63) is 58.9 Å². The summed E-state index contributed by atoms with van der Waals surface area (Å²) in [6, 6.07) is 10.3. The Morgan fingerprint density at radius 3 is 2.76 bits per heavy atom. The molecule has 1 aromatic carbocycles. The van der Waals surface area contributed by atoms with Gasteiger partial charge in [0.25, 0.3) is 0 Å². The zero-order valence-corrected chi connectivity index (χ0v) is 15.3. The van der Waals surface area contributed by atoms with E-state index in [2.05, 4.69) is 36.3 Å². The Morgan fingerprint density at radius 2 is 2.08 bits per heavy atom. The third kappa shape index (κ3) is 5.28. The average Bonchev–Trinajstić information content (AvgIpc) is 2.63. The summed E-state index contributed by atoms with van der Waals surface area (Å²) in [6.45, 7) is 8.45. The number of aryl methyl sites for hydroxylation is 2. The molecule has 1 aliphatic heterocycles. The lowest BCUT2D eigenvalue weighted by atomic mass is 10.0. The maximum absolute atomic E-state index is 6.01. The summed E-state index contributed by atoms with van der Waals surface area (Å²) in [5.41, 5.74) is 4.60. The van der Waals surface area contributed by atoms with Crippen LogP contribution >= 0.6 is 0 Å². The van der Waals surface area contributed by atoms with Gasteiger partial charge in [-0.25, -0.2) is 0 Å². The van der Waals surface area contributed by atoms with Gasteiger partial charge in [0.05, 0.1) is 12.3 Å². The van der Waals surface area contributed by atoms with Crippen LogP contribution in [0.4, 0.5) is 0 Å². The quantitative estimate of drug-likeness (QED) is 0.833. The predicted molar refractivity (Wildman–Crippen MR) is 99.7 cm³/mol. The minimum Gasteiger partial charge on any atom is -0.487 e. The maximum atomic E-state index is 6.01. The molecule has 1 fully saturated rings. The van der Waals surface area contributed by atoms with Crippen molar-refractivity contribution in [3.8, 4) is 5.75 Å². The molecule has 1 unspecified atom stereocenters. The molecule has 0 radical (unpaired) electrons. The molecule has 0 saturated carbocycles. The second-order valence-corrected chi connectivity index (χ2v) is 6.88. The van der Waals surface area contributed by atoms with E-state index in [1.807, 2.05) is 18.2 Å². The van der Waals surface area contributed by atoms with Crippen molar-refractivity contribution in [3.63, 3.8) is 0 Å². The van der Waals surface area contributed by atoms with Crippen LogP contribution in [0.25, 0.3) is 0 Å². The van der Waals surface area contributed by atoms with Gasteiger partial charge in [-0.05, 0) is 61.4 Å². The molecule has 0 bridgehead atoms. The van der Waals surface area contributed by atoms with Crippen molar-refractivity contribution in [2.45, 2.75) is 39.8 Å². The van der Waals surface area contributed by atoms with E-state index in [0.717, 1.165) is 37.7 Å². The number of nitrogens with one attached hydrogen (secondary N) is 1. The summed E-state index contributed by atoms with van der Waals surface area (Å²) in [5.74, 6) is 1.62. The summed E-state index contributed by atoms with van der Waals surface area (Å²) in [5, 5.41) is 3.57. The SMILES string of the molecule is Cc1cc(CNCC2CCCOC2)cc(C)c1OCc1ccccn1. The lowest BCUT2D eigenvalue weighted by Gasteiger charge is -2.22. The molecule has 3 rings (SSSR count). The van der Waals surface area contributed by atoms with Gasteiger partial charge >= 0.3 is 0 Å². The van der Waals surface area contributed by atoms with Gasteiger partial charge < -0.3 is 14.8 Å². The first-order valence-corrected chi connectivity index (χ1v) is 9.13. The van der Waals surface area contributed by atoms with Crippen LogP contribution in [0.5, 0.6) is 5.75 Å². The van der Waals surface area contributed by atoms with Gasteiger partial charge in [-0.2, -0.15) is 0 Å². The van der Waals surface area contributed by atoms with E-state index in [-0.39, 0.29) is 0 Å². The van der Waals surface area contributed by atoms with E-state index < -0.39 is 0 Å². The van der Waals surface area contributed by atoms with Gasteiger partial charge in [0.1, 0.15) is 12.4 Å². The zero-order valence-electron chi connectivity index (χ0n) is 15.3. The normalized spacial score (nSPS) is 17.4. The van der Waals surface area contributed by atoms with E-state index in [1.54, 1.807) is 6.20 Å². The first-order valence-electron chi connectivity index (χ1n) is 9.13. The smallest absolute Gasteiger partial charge is 0.130 e. The summed E-state index contributed by atoms with van der Waals surface area (Å²) in [4.78, 5) is 4.31. The number of nitrogens with zero attached hydrogens (tertiary/aromatic N) is 1. The maximum Gasteiger partial charge on any atom is 0.130 e. The van der Waals surface area contributed by atoms with E-state index in [0.29, 0.717) is 12.5 Å². The van der Waals surface area contributed by atoms with Gasteiger partial charge in [-0.3, -0.25) is 4.98 Å². The van der Waals surface area contributed by atoms with E-state index in [1.165, 1.54) is 29.5 Å². The van der Waals surface area contributed by atoms with Gasteiger partial charge in [0.15, 0.2) is 0 Å². The fourth-order valence-corrected chi connectivity index (χ4v) is 3.39. The number of benzene rings is 1. The minimum absolute atomic E-state index is 0.502. The highest BCUT2D eigenvalue weighted by atomic mass is 16.5. The molecule has 0 aliphatic carbocycles. The Bertz CT molecular complexity index is 644. The highest BCUT2D eigenvalue weighted by Crippen LogP contribution is 2.25. The molecule has 2 aromatic rings. The zero-order chi connectivity index (χ0) is 17.5. The summed E-state index contributed by atoms with van der Waals surface area (Å²) < 4.78 is 11.5. The average molecular weight is 340 g/mol. The highest BCUT2D eigenvalue weighted by molar-refractivity contribution is 5.43. The lowest BCUT2D eigenvalue weighted by Crippen LogP contribution is -2.28. The van der Waals surface area contributed by atoms with Gasteiger partial charge in [-0.1, -0.05) is 18.2 Å². The Hall–Kier alpha value is -1.91.